The van der Waals surface area contributed by atoms with E-state index in [1.807, 2.05) is 0 Å². The van der Waals surface area contributed by atoms with E-state index in [4.69, 9.17) is 10.8 Å². The van der Waals surface area contributed by atoms with Gasteiger partial charge in [-0.05, 0) is 18.3 Å². The first-order chi connectivity index (χ1) is 9.64. The summed E-state index contributed by atoms with van der Waals surface area (Å²) in [5.74, 6) is 2.11. The third-order valence-corrected chi connectivity index (χ3v) is 6.33. The molecule has 1 aliphatic heterocycles. The molecule has 6 heteroatoms. The van der Waals surface area contributed by atoms with Crippen LogP contribution in [0.3, 0.4) is 0 Å². The summed E-state index contributed by atoms with van der Waals surface area (Å²) in [6.45, 7) is 10.7. The Hall–Kier alpha value is -1.04. The van der Waals surface area contributed by atoms with Gasteiger partial charge in [-0.3, -0.25) is 0 Å². The molecule has 0 aliphatic carbocycles. The molecular weight excluding hydrogens is 286 g/mol. The molecule has 1 aromatic heterocycles. The number of anilines is 1. The molecule has 2 unspecified atom stereocenters. The zero-order chi connectivity index (χ0) is 15.9. The number of nitrogen functional groups attached to an aromatic ring is 1. The summed E-state index contributed by atoms with van der Waals surface area (Å²) in [6, 6.07) is -0.111. The highest BCUT2D eigenvalue weighted by atomic mass is 32.2. The molecule has 21 heavy (non-hydrogen) atoms. The lowest BCUT2D eigenvalue weighted by molar-refractivity contribution is 0.474. The van der Waals surface area contributed by atoms with Gasteiger partial charge in [-0.2, -0.15) is 5.10 Å². The van der Waals surface area contributed by atoms with Crippen LogP contribution in [0.4, 0.5) is 5.82 Å². The first-order valence-electron chi connectivity index (χ1n) is 7.72. The molecule has 0 amide bonds. The largest absolute Gasteiger partial charge is 0.384 e. The maximum absolute atomic E-state index is 11.7. The molecule has 2 heterocycles. The van der Waals surface area contributed by atoms with E-state index in [0.717, 1.165) is 11.3 Å². The van der Waals surface area contributed by atoms with Crippen molar-refractivity contribution in [1.82, 2.24) is 9.78 Å². The molecule has 1 saturated heterocycles. The molecule has 1 aromatic rings. The lowest BCUT2D eigenvalue weighted by atomic mass is 9.89. The summed E-state index contributed by atoms with van der Waals surface area (Å²) >= 11 is 0. The maximum Gasteiger partial charge on any atom is 0.152 e. The van der Waals surface area contributed by atoms with Crippen molar-refractivity contribution in [2.24, 2.45) is 5.92 Å². The van der Waals surface area contributed by atoms with Gasteiger partial charge in [0.05, 0.1) is 23.2 Å². The molecule has 0 bridgehead atoms. The average molecular weight is 313 g/mol. The van der Waals surface area contributed by atoms with Crippen molar-refractivity contribution < 1.29 is 8.42 Å². The Morgan fingerprint density at radius 1 is 1.24 bits per heavy atom. The van der Waals surface area contributed by atoms with Crippen molar-refractivity contribution in [2.75, 3.05) is 17.2 Å². The van der Waals surface area contributed by atoms with Crippen molar-refractivity contribution in [3.8, 4) is 0 Å². The van der Waals surface area contributed by atoms with Gasteiger partial charge in [0.25, 0.3) is 0 Å². The third kappa shape index (κ3) is 3.10. The van der Waals surface area contributed by atoms with Crippen molar-refractivity contribution >= 4 is 15.7 Å². The summed E-state index contributed by atoms with van der Waals surface area (Å²) in [5, 5.41) is 4.73. The highest BCUT2D eigenvalue weighted by Crippen LogP contribution is 2.37. The van der Waals surface area contributed by atoms with Crippen molar-refractivity contribution in [2.45, 2.75) is 58.9 Å². The van der Waals surface area contributed by atoms with Gasteiger partial charge < -0.3 is 5.73 Å². The monoisotopic (exact) mass is 313 g/mol. The predicted molar refractivity (Wildman–Crippen MR) is 86.3 cm³/mol. The van der Waals surface area contributed by atoms with E-state index in [0.29, 0.717) is 24.1 Å². The van der Waals surface area contributed by atoms with E-state index in [1.165, 1.54) is 0 Å². The van der Waals surface area contributed by atoms with Gasteiger partial charge in [-0.25, -0.2) is 13.1 Å². The number of rotatable bonds is 4. The topological polar surface area (TPSA) is 78.0 Å². The first-order valence-corrected chi connectivity index (χ1v) is 9.54. The molecule has 2 N–H and O–H groups in total. The molecule has 0 spiro atoms. The van der Waals surface area contributed by atoms with Gasteiger partial charge in [0, 0.05) is 11.5 Å². The summed E-state index contributed by atoms with van der Waals surface area (Å²) in [7, 11) is -2.94. The Kier molecular flexibility index (Phi) is 4.38. The van der Waals surface area contributed by atoms with Crippen LogP contribution in [0.25, 0.3) is 0 Å². The van der Waals surface area contributed by atoms with Crippen LogP contribution in [-0.2, 0) is 9.84 Å². The fraction of sp³-hybridized carbons (Fsp3) is 0.800. The van der Waals surface area contributed by atoms with Gasteiger partial charge in [-0.1, -0.05) is 34.6 Å². The van der Waals surface area contributed by atoms with Crippen molar-refractivity contribution in [3.05, 3.63) is 11.3 Å². The molecular formula is C15H27N3O2S. The van der Waals surface area contributed by atoms with Crippen molar-refractivity contribution in [1.29, 1.82) is 0 Å². The second-order valence-corrected chi connectivity index (χ2v) is 9.10. The van der Waals surface area contributed by atoms with E-state index in [9.17, 15) is 8.42 Å². The summed E-state index contributed by atoms with van der Waals surface area (Å²) in [5.41, 5.74) is 8.43. The van der Waals surface area contributed by atoms with E-state index < -0.39 is 9.84 Å². The van der Waals surface area contributed by atoms with Gasteiger partial charge in [0.1, 0.15) is 5.82 Å². The third-order valence-electron chi connectivity index (χ3n) is 4.58. The molecule has 2 atom stereocenters. The van der Waals surface area contributed by atoms with Gasteiger partial charge >= 0.3 is 0 Å². The first kappa shape index (κ1) is 16.3. The minimum absolute atomic E-state index is 0.111. The summed E-state index contributed by atoms with van der Waals surface area (Å²) in [6.07, 6.45) is 0.612. The zero-order valence-corrected chi connectivity index (χ0v) is 14.4. The number of hydrogen-bond acceptors (Lipinski definition) is 4. The van der Waals surface area contributed by atoms with Gasteiger partial charge in [0.15, 0.2) is 9.84 Å². The fourth-order valence-electron chi connectivity index (χ4n) is 2.97. The van der Waals surface area contributed by atoms with Crippen LogP contribution in [0.5, 0.6) is 0 Å². The minimum atomic E-state index is -2.94. The SMILES string of the molecule is CC(C)c1c(C(C)C(C)C)nn(C2CCS(=O)(=O)C2)c1N. The Morgan fingerprint density at radius 3 is 2.29 bits per heavy atom. The zero-order valence-electron chi connectivity index (χ0n) is 13.6. The number of nitrogens with zero attached hydrogens (tertiary/aromatic N) is 2. The second-order valence-electron chi connectivity index (χ2n) is 6.87. The summed E-state index contributed by atoms with van der Waals surface area (Å²) < 4.78 is 25.2. The standard InChI is InChI=1S/C15H27N3O2S/c1-9(2)11(5)14-13(10(3)4)15(16)18(17-14)12-6-7-21(19,20)8-12/h9-12H,6-8,16H2,1-5H3. The normalized spacial score (nSPS) is 23.1. The van der Waals surface area contributed by atoms with E-state index in [-0.39, 0.29) is 23.5 Å². The molecule has 2 rings (SSSR count). The molecule has 1 aliphatic rings. The Labute approximate surface area is 127 Å². The van der Waals surface area contributed by atoms with Crippen LogP contribution in [0.2, 0.25) is 0 Å². The van der Waals surface area contributed by atoms with Gasteiger partial charge in [-0.15, -0.1) is 0 Å². The van der Waals surface area contributed by atoms with Crippen LogP contribution in [0, 0.1) is 5.92 Å². The van der Waals surface area contributed by atoms with Crippen LogP contribution in [-0.4, -0.2) is 29.7 Å². The molecule has 0 radical (unpaired) electrons. The molecule has 120 valence electrons. The quantitative estimate of drug-likeness (QED) is 0.927. The molecule has 0 aromatic carbocycles. The number of nitrogens with two attached hydrogens (primary N) is 1. The number of sulfone groups is 1. The van der Waals surface area contributed by atoms with Crippen LogP contribution in [0.15, 0.2) is 0 Å². The smallest absolute Gasteiger partial charge is 0.152 e. The van der Waals surface area contributed by atoms with Crippen molar-refractivity contribution in [3.63, 3.8) is 0 Å². The molecule has 5 nitrogen and oxygen atoms in total. The summed E-state index contributed by atoms with van der Waals surface area (Å²) in [4.78, 5) is 0. The highest BCUT2D eigenvalue weighted by molar-refractivity contribution is 7.91. The minimum Gasteiger partial charge on any atom is -0.384 e. The molecule has 0 saturated carbocycles. The number of hydrogen-bond donors (Lipinski definition) is 1. The van der Waals surface area contributed by atoms with Gasteiger partial charge in [0.2, 0.25) is 0 Å². The fourth-order valence-corrected chi connectivity index (χ4v) is 4.66. The van der Waals surface area contributed by atoms with Crippen LogP contribution < -0.4 is 5.73 Å². The van der Waals surface area contributed by atoms with Crippen LogP contribution in [0.1, 0.15) is 70.2 Å². The predicted octanol–water partition coefficient (Wildman–Crippen LogP) is 2.71. The molecule has 1 fully saturated rings. The Morgan fingerprint density at radius 2 is 1.86 bits per heavy atom. The number of aromatic nitrogens is 2. The van der Waals surface area contributed by atoms with Crippen LogP contribution >= 0.6 is 0 Å². The second kappa shape index (κ2) is 5.63. The van der Waals surface area contributed by atoms with E-state index in [1.54, 1.807) is 4.68 Å². The highest BCUT2D eigenvalue weighted by Gasteiger charge is 2.33. The van der Waals surface area contributed by atoms with E-state index in [2.05, 4.69) is 34.6 Å². The Bertz CT molecular complexity index is 617. The van der Waals surface area contributed by atoms with E-state index >= 15 is 0 Å². The Balaban J connectivity index is 2.47. The lowest BCUT2D eigenvalue weighted by Gasteiger charge is -2.16. The lowest BCUT2D eigenvalue weighted by Crippen LogP contribution is -2.15. The average Bonchev–Trinajstić information content (AvgIpc) is 2.88. The maximum atomic E-state index is 11.7.